The lowest BCUT2D eigenvalue weighted by molar-refractivity contribution is -0.904. The molecule has 0 fully saturated rings. The Morgan fingerprint density at radius 3 is 2.38 bits per heavy atom. The molecule has 120 valence electrons. The van der Waals surface area contributed by atoms with E-state index in [1.807, 2.05) is 0 Å². The minimum absolute atomic E-state index is 0.0229. The zero-order valence-corrected chi connectivity index (χ0v) is 12.9. The molecular weight excluding hydrogens is 301 g/mol. The lowest BCUT2D eigenvalue weighted by atomic mass is 10.1. The Morgan fingerprint density at radius 1 is 1.19 bits per heavy atom. The molecule has 0 bridgehead atoms. The van der Waals surface area contributed by atoms with Crippen LogP contribution in [0.4, 0.5) is 4.39 Å². The summed E-state index contributed by atoms with van der Waals surface area (Å²) in [5.74, 6) is -1.76. The molecule has 0 amide bonds. The zero-order valence-electron chi connectivity index (χ0n) is 12.1. The van der Waals surface area contributed by atoms with Gasteiger partial charge in [0.1, 0.15) is 12.4 Å². The van der Waals surface area contributed by atoms with Crippen LogP contribution < -0.4 is 0 Å². The van der Waals surface area contributed by atoms with Crippen LogP contribution in [0.2, 0.25) is 0 Å². The van der Waals surface area contributed by atoms with Crippen molar-refractivity contribution < 1.29 is 32.1 Å². The van der Waals surface area contributed by atoms with Gasteiger partial charge >= 0.3 is 0 Å². The summed E-state index contributed by atoms with van der Waals surface area (Å²) in [7, 11) is -0.356. The number of halogens is 1. The molecule has 0 saturated heterocycles. The Morgan fingerprint density at radius 2 is 1.81 bits per heavy atom. The maximum Gasteiger partial charge on any atom is 0.264 e. The summed E-state index contributed by atoms with van der Waals surface area (Å²) in [4.78, 5) is 0. The van der Waals surface area contributed by atoms with E-state index in [0.717, 1.165) is 12.1 Å². The van der Waals surface area contributed by atoms with Crippen LogP contribution in [0.5, 0.6) is 11.5 Å². The first-order valence-electron chi connectivity index (χ1n) is 6.48. The van der Waals surface area contributed by atoms with E-state index in [4.69, 9.17) is 4.55 Å². The second kappa shape index (κ2) is 6.59. The third kappa shape index (κ3) is 5.86. The molecule has 0 aliphatic rings. The summed E-state index contributed by atoms with van der Waals surface area (Å²) in [6, 6.07) is 2.17. The molecule has 21 heavy (non-hydrogen) atoms. The third-order valence-corrected chi connectivity index (χ3v) is 4.01. The molecule has 0 spiro atoms. The van der Waals surface area contributed by atoms with Gasteiger partial charge in [-0.1, -0.05) is 0 Å². The first kappa shape index (κ1) is 17.7. The number of aromatic hydroxyl groups is 2. The van der Waals surface area contributed by atoms with Crippen molar-refractivity contribution in [1.29, 1.82) is 0 Å². The predicted octanol–water partition coefficient (Wildman–Crippen LogP) is 1.48. The number of hydrogen-bond donors (Lipinski definition) is 3. The summed E-state index contributed by atoms with van der Waals surface area (Å²) >= 11 is 0. The largest absolute Gasteiger partial charge is 0.504 e. The highest BCUT2D eigenvalue weighted by atomic mass is 32.2. The first-order valence-corrected chi connectivity index (χ1v) is 8.09. The molecule has 0 unspecified atom stereocenters. The van der Waals surface area contributed by atoms with Gasteiger partial charge in [0.05, 0.1) is 32.0 Å². The van der Waals surface area contributed by atoms with Gasteiger partial charge in [0.2, 0.25) is 0 Å². The van der Waals surface area contributed by atoms with E-state index in [-0.39, 0.29) is 23.6 Å². The molecular formula is C13H21FNO5S+. The van der Waals surface area contributed by atoms with E-state index in [0.29, 0.717) is 23.9 Å². The van der Waals surface area contributed by atoms with Crippen molar-refractivity contribution in [1.82, 2.24) is 0 Å². The average molecular weight is 322 g/mol. The van der Waals surface area contributed by atoms with Gasteiger partial charge in [-0.2, -0.15) is 8.42 Å². The number of rotatable bonds is 7. The molecule has 1 aromatic rings. The lowest BCUT2D eigenvalue weighted by Gasteiger charge is -2.30. The van der Waals surface area contributed by atoms with Crippen LogP contribution in [0.25, 0.3) is 0 Å². The normalized spacial score (nSPS) is 12.6. The van der Waals surface area contributed by atoms with E-state index < -0.39 is 21.7 Å². The highest BCUT2D eigenvalue weighted by Gasteiger charge is 2.22. The number of unbranched alkanes of at least 4 members (excludes halogenated alkanes) is 1. The van der Waals surface area contributed by atoms with Gasteiger partial charge in [0.25, 0.3) is 10.1 Å². The first-order chi connectivity index (χ1) is 9.52. The SMILES string of the molecule is C[N+](C)(CCCCS(=O)(=O)O)Cc1c(F)ccc(O)c1O. The van der Waals surface area contributed by atoms with Crippen molar-refractivity contribution in [3.63, 3.8) is 0 Å². The van der Waals surface area contributed by atoms with Crippen LogP contribution in [-0.4, -0.2) is 54.1 Å². The number of benzene rings is 1. The molecule has 0 aliphatic carbocycles. The number of nitrogens with zero attached hydrogens (tertiary/aromatic N) is 1. The Balaban J connectivity index is 2.66. The van der Waals surface area contributed by atoms with E-state index in [2.05, 4.69) is 0 Å². The van der Waals surface area contributed by atoms with Crippen molar-refractivity contribution in [2.24, 2.45) is 0 Å². The fourth-order valence-corrected chi connectivity index (χ4v) is 2.65. The van der Waals surface area contributed by atoms with Crippen molar-refractivity contribution in [3.05, 3.63) is 23.5 Å². The summed E-state index contributed by atoms with van der Waals surface area (Å²) in [6.45, 7) is 0.683. The average Bonchev–Trinajstić information content (AvgIpc) is 2.34. The minimum atomic E-state index is -3.96. The number of phenols is 2. The molecule has 3 N–H and O–H groups in total. The van der Waals surface area contributed by atoms with Crippen molar-refractivity contribution >= 4 is 10.1 Å². The van der Waals surface area contributed by atoms with Crippen LogP contribution in [0.15, 0.2) is 12.1 Å². The maximum atomic E-state index is 13.7. The summed E-state index contributed by atoms with van der Waals surface area (Å²) in [5, 5.41) is 19.1. The third-order valence-electron chi connectivity index (χ3n) is 3.21. The van der Waals surface area contributed by atoms with Crippen LogP contribution >= 0.6 is 0 Å². The van der Waals surface area contributed by atoms with Gasteiger partial charge in [-0.3, -0.25) is 4.55 Å². The maximum absolute atomic E-state index is 13.7. The molecule has 1 rings (SSSR count). The lowest BCUT2D eigenvalue weighted by Crippen LogP contribution is -2.40. The van der Waals surface area contributed by atoms with Gasteiger partial charge in [0.15, 0.2) is 11.5 Å². The Kier molecular flexibility index (Phi) is 5.54. The van der Waals surface area contributed by atoms with Gasteiger partial charge in [-0.05, 0) is 25.0 Å². The van der Waals surface area contributed by atoms with Crippen molar-refractivity contribution in [3.8, 4) is 11.5 Å². The Bertz CT molecular complexity index is 601. The molecule has 0 heterocycles. The van der Waals surface area contributed by atoms with E-state index in [1.165, 1.54) is 0 Å². The van der Waals surface area contributed by atoms with Gasteiger partial charge in [-0.15, -0.1) is 0 Å². The van der Waals surface area contributed by atoms with Gasteiger partial charge in [-0.25, -0.2) is 4.39 Å². The van der Waals surface area contributed by atoms with Gasteiger partial charge < -0.3 is 14.7 Å². The summed E-state index contributed by atoms with van der Waals surface area (Å²) in [5.41, 5.74) is 0.0229. The number of phenolic OH excluding ortho intramolecular Hbond substituents is 2. The van der Waals surface area contributed by atoms with Gasteiger partial charge in [0, 0.05) is 0 Å². The smallest absolute Gasteiger partial charge is 0.264 e. The molecule has 6 nitrogen and oxygen atoms in total. The van der Waals surface area contributed by atoms with E-state index >= 15 is 0 Å². The second-order valence-electron chi connectivity index (χ2n) is 5.70. The standard InChI is InChI=1S/C13H20FNO5S/c1-15(2,7-3-4-8-21(18,19)20)9-10-11(14)5-6-12(16)13(10)17/h5-6H,3-4,7-9H2,1-2H3,(H2-,16,17,18,19,20)/p+1. The monoisotopic (exact) mass is 322 g/mol. The van der Waals surface area contributed by atoms with Crippen LogP contribution in [0, 0.1) is 5.82 Å². The molecule has 0 aliphatic heterocycles. The highest BCUT2D eigenvalue weighted by molar-refractivity contribution is 7.85. The quantitative estimate of drug-likeness (QED) is 0.306. The number of quaternary nitrogens is 1. The Hall–Kier alpha value is -1.38. The van der Waals surface area contributed by atoms with Crippen LogP contribution in [-0.2, 0) is 16.7 Å². The van der Waals surface area contributed by atoms with Crippen LogP contribution in [0.1, 0.15) is 18.4 Å². The van der Waals surface area contributed by atoms with Crippen LogP contribution in [0.3, 0.4) is 0 Å². The zero-order chi connectivity index (χ0) is 16.3. The number of hydrogen-bond acceptors (Lipinski definition) is 4. The molecule has 0 atom stereocenters. The second-order valence-corrected chi connectivity index (χ2v) is 7.28. The summed E-state index contributed by atoms with van der Waals surface area (Å²) < 4.78 is 43.9. The fourth-order valence-electron chi connectivity index (χ4n) is 2.08. The topological polar surface area (TPSA) is 94.8 Å². The molecule has 0 aromatic heterocycles. The fraction of sp³-hybridized carbons (Fsp3) is 0.538. The van der Waals surface area contributed by atoms with E-state index in [9.17, 15) is 23.0 Å². The Labute approximate surface area is 123 Å². The van der Waals surface area contributed by atoms with Crippen molar-refractivity contribution in [2.75, 3.05) is 26.4 Å². The van der Waals surface area contributed by atoms with E-state index in [1.54, 1.807) is 14.1 Å². The molecule has 0 saturated carbocycles. The molecule has 0 radical (unpaired) electrons. The predicted molar refractivity (Wildman–Crippen MR) is 76.1 cm³/mol. The van der Waals surface area contributed by atoms with Crippen molar-refractivity contribution in [2.45, 2.75) is 19.4 Å². The minimum Gasteiger partial charge on any atom is -0.504 e. The highest BCUT2D eigenvalue weighted by Crippen LogP contribution is 2.32. The molecule has 1 aromatic carbocycles. The summed E-state index contributed by atoms with van der Waals surface area (Å²) in [6.07, 6.45) is 0.822. The molecule has 8 heteroatoms.